The molecule has 0 amide bonds. The molecule has 0 aliphatic heterocycles. The van der Waals surface area contributed by atoms with Crippen LogP contribution in [-0.2, 0) is 4.79 Å². The largest absolute Gasteiger partial charge is 0.397 e. The molecule has 1 rings (SSSR count). The number of carbonyl (C=O) groups excluding carboxylic acids is 2. The fourth-order valence-corrected chi connectivity index (χ4v) is 0.846. The summed E-state index contributed by atoms with van der Waals surface area (Å²) in [6.45, 7) is 0. The molecule has 0 bridgehead atoms. The van der Waals surface area contributed by atoms with Crippen LogP contribution in [0.15, 0.2) is 18.5 Å². The van der Waals surface area contributed by atoms with Crippen molar-refractivity contribution in [2.24, 2.45) is 0 Å². The number of nitrogen functional groups attached to an aromatic ring is 1. The third-order valence-electron chi connectivity index (χ3n) is 1.42. The number of aromatic nitrogens is 1. The van der Waals surface area contributed by atoms with Crippen molar-refractivity contribution >= 4 is 17.8 Å². The number of aldehydes is 1. The minimum absolute atomic E-state index is 0.131. The standard InChI is InChI=1S/C8H8N2O2/c9-7-5-10-3-1-6(7)8(12)2-4-11/h1,3-5H,2,9H2. The van der Waals surface area contributed by atoms with Gasteiger partial charge in [-0.15, -0.1) is 0 Å². The van der Waals surface area contributed by atoms with Gasteiger partial charge in [-0.05, 0) is 6.07 Å². The number of rotatable bonds is 3. The molecule has 12 heavy (non-hydrogen) atoms. The molecule has 0 atom stereocenters. The molecule has 4 nitrogen and oxygen atoms in total. The molecule has 1 heterocycles. The highest BCUT2D eigenvalue weighted by Gasteiger charge is 2.07. The highest BCUT2D eigenvalue weighted by Crippen LogP contribution is 2.10. The Morgan fingerprint density at radius 1 is 1.67 bits per heavy atom. The van der Waals surface area contributed by atoms with Crippen molar-refractivity contribution in [2.75, 3.05) is 5.73 Å². The summed E-state index contributed by atoms with van der Waals surface area (Å²) in [5.41, 5.74) is 6.12. The van der Waals surface area contributed by atoms with E-state index in [1.807, 2.05) is 0 Å². The van der Waals surface area contributed by atoms with Gasteiger partial charge in [-0.1, -0.05) is 0 Å². The van der Waals surface area contributed by atoms with Crippen LogP contribution in [0.3, 0.4) is 0 Å². The second kappa shape index (κ2) is 3.61. The summed E-state index contributed by atoms with van der Waals surface area (Å²) in [6, 6.07) is 1.50. The second-order valence-corrected chi connectivity index (χ2v) is 2.26. The summed E-state index contributed by atoms with van der Waals surface area (Å²) in [5.74, 6) is -0.273. The van der Waals surface area contributed by atoms with Crippen LogP contribution in [0.4, 0.5) is 5.69 Å². The Hall–Kier alpha value is -1.71. The van der Waals surface area contributed by atoms with E-state index in [9.17, 15) is 9.59 Å². The number of carbonyl (C=O) groups is 2. The van der Waals surface area contributed by atoms with Crippen LogP contribution < -0.4 is 5.73 Å². The SMILES string of the molecule is Nc1cnccc1C(=O)CC=O. The normalized spacial score (nSPS) is 9.33. The molecule has 0 aliphatic carbocycles. The third kappa shape index (κ3) is 1.66. The number of hydrogen-bond donors (Lipinski definition) is 1. The molecule has 0 aromatic carbocycles. The van der Waals surface area contributed by atoms with Gasteiger partial charge in [0.1, 0.15) is 6.29 Å². The highest BCUT2D eigenvalue weighted by atomic mass is 16.1. The Kier molecular flexibility index (Phi) is 2.53. The fourth-order valence-electron chi connectivity index (χ4n) is 0.846. The van der Waals surface area contributed by atoms with Crippen LogP contribution in [-0.4, -0.2) is 17.1 Å². The van der Waals surface area contributed by atoms with E-state index < -0.39 is 0 Å². The van der Waals surface area contributed by atoms with Gasteiger partial charge < -0.3 is 10.5 Å². The number of hydrogen-bond acceptors (Lipinski definition) is 4. The summed E-state index contributed by atoms with van der Waals surface area (Å²) in [4.78, 5) is 24.9. The molecule has 0 saturated carbocycles. The first-order valence-electron chi connectivity index (χ1n) is 3.42. The maximum absolute atomic E-state index is 11.1. The average Bonchev–Trinajstić information content (AvgIpc) is 2.05. The third-order valence-corrected chi connectivity index (χ3v) is 1.42. The molecule has 0 radical (unpaired) electrons. The topological polar surface area (TPSA) is 73.0 Å². The molecular formula is C8H8N2O2. The first-order valence-corrected chi connectivity index (χ1v) is 3.42. The van der Waals surface area contributed by atoms with E-state index in [4.69, 9.17) is 5.73 Å². The molecule has 0 aliphatic rings. The maximum Gasteiger partial charge on any atom is 0.172 e. The van der Waals surface area contributed by atoms with Crippen molar-refractivity contribution in [2.45, 2.75) is 6.42 Å². The molecule has 2 N–H and O–H groups in total. The van der Waals surface area contributed by atoms with Crippen LogP contribution in [0.1, 0.15) is 16.8 Å². The van der Waals surface area contributed by atoms with E-state index in [1.165, 1.54) is 18.5 Å². The van der Waals surface area contributed by atoms with Crippen molar-refractivity contribution < 1.29 is 9.59 Å². The summed E-state index contributed by atoms with van der Waals surface area (Å²) in [6.07, 6.45) is 3.28. The Morgan fingerprint density at radius 3 is 3.00 bits per heavy atom. The predicted molar refractivity (Wildman–Crippen MR) is 43.7 cm³/mol. The lowest BCUT2D eigenvalue weighted by molar-refractivity contribution is -0.107. The summed E-state index contributed by atoms with van der Waals surface area (Å²) in [7, 11) is 0. The van der Waals surface area contributed by atoms with Crippen molar-refractivity contribution in [3.8, 4) is 0 Å². The molecular weight excluding hydrogens is 156 g/mol. The van der Waals surface area contributed by atoms with E-state index in [-0.39, 0.29) is 12.2 Å². The van der Waals surface area contributed by atoms with Crippen LogP contribution in [0.25, 0.3) is 0 Å². The maximum atomic E-state index is 11.1. The molecule has 0 unspecified atom stereocenters. The van der Waals surface area contributed by atoms with E-state index in [2.05, 4.69) is 4.98 Å². The molecule has 1 aromatic heterocycles. The van der Waals surface area contributed by atoms with Gasteiger partial charge in [0, 0.05) is 11.8 Å². The molecule has 0 fully saturated rings. The van der Waals surface area contributed by atoms with Crippen molar-refractivity contribution in [3.05, 3.63) is 24.0 Å². The Balaban J connectivity index is 2.94. The van der Waals surface area contributed by atoms with Gasteiger partial charge in [0.25, 0.3) is 0 Å². The number of anilines is 1. The monoisotopic (exact) mass is 164 g/mol. The minimum Gasteiger partial charge on any atom is -0.397 e. The van der Waals surface area contributed by atoms with Crippen molar-refractivity contribution in [1.29, 1.82) is 0 Å². The number of ketones is 1. The Bertz CT molecular complexity index is 310. The Labute approximate surface area is 69.4 Å². The van der Waals surface area contributed by atoms with E-state index in [1.54, 1.807) is 0 Å². The van der Waals surface area contributed by atoms with Crippen LogP contribution in [0.5, 0.6) is 0 Å². The lowest BCUT2D eigenvalue weighted by atomic mass is 10.1. The number of pyridine rings is 1. The zero-order valence-corrected chi connectivity index (χ0v) is 6.36. The van der Waals surface area contributed by atoms with Gasteiger partial charge in [0.15, 0.2) is 5.78 Å². The van der Waals surface area contributed by atoms with E-state index in [0.29, 0.717) is 17.5 Å². The molecule has 0 spiro atoms. The molecule has 0 saturated heterocycles. The number of nitrogens with zero attached hydrogens (tertiary/aromatic N) is 1. The number of nitrogens with two attached hydrogens (primary N) is 1. The lowest BCUT2D eigenvalue weighted by Crippen LogP contribution is -2.04. The van der Waals surface area contributed by atoms with Crippen molar-refractivity contribution in [3.63, 3.8) is 0 Å². The van der Waals surface area contributed by atoms with Gasteiger partial charge in [-0.25, -0.2) is 0 Å². The van der Waals surface area contributed by atoms with Crippen LogP contribution in [0, 0.1) is 0 Å². The van der Waals surface area contributed by atoms with E-state index >= 15 is 0 Å². The zero-order valence-electron chi connectivity index (χ0n) is 6.36. The summed E-state index contributed by atoms with van der Waals surface area (Å²) in [5, 5.41) is 0. The van der Waals surface area contributed by atoms with E-state index in [0.717, 1.165) is 0 Å². The minimum atomic E-state index is -0.273. The predicted octanol–water partition coefficient (Wildman–Crippen LogP) is 0.436. The van der Waals surface area contributed by atoms with Gasteiger partial charge in [0.05, 0.1) is 18.3 Å². The average molecular weight is 164 g/mol. The van der Waals surface area contributed by atoms with Gasteiger partial charge in [-0.2, -0.15) is 0 Å². The number of Topliss-reactive ketones (excluding diaryl/α,β-unsaturated/α-hetero) is 1. The lowest BCUT2D eigenvalue weighted by Gasteiger charge is -1.99. The molecule has 62 valence electrons. The van der Waals surface area contributed by atoms with Crippen LogP contribution >= 0.6 is 0 Å². The van der Waals surface area contributed by atoms with Crippen molar-refractivity contribution in [1.82, 2.24) is 4.98 Å². The zero-order chi connectivity index (χ0) is 8.97. The highest BCUT2D eigenvalue weighted by molar-refractivity contribution is 6.05. The van der Waals surface area contributed by atoms with Gasteiger partial charge in [-0.3, -0.25) is 9.78 Å². The molecule has 4 heteroatoms. The molecule has 1 aromatic rings. The first kappa shape index (κ1) is 8.39. The summed E-state index contributed by atoms with van der Waals surface area (Å²) < 4.78 is 0. The van der Waals surface area contributed by atoms with Gasteiger partial charge in [0.2, 0.25) is 0 Å². The van der Waals surface area contributed by atoms with Crippen LogP contribution in [0.2, 0.25) is 0 Å². The summed E-state index contributed by atoms with van der Waals surface area (Å²) >= 11 is 0. The quantitative estimate of drug-likeness (QED) is 0.399. The second-order valence-electron chi connectivity index (χ2n) is 2.26. The first-order chi connectivity index (χ1) is 5.75. The smallest absolute Gasteiger partial charge is 0.172 e. The Morgan fingerprint density at radius 2 is 2.42 bits per heavy atom. The van der Waals surface area contributed by atoms with Gasteiger partial charge >= 0.3 is 0 Å². The fraction of sp³-hybridized carbons (Fsp3) is 0.125.